The number of amides is 1. The van der Waals surface area contributed by atoms with E-state index in [0.717, 1.165) is 4.90 Å². The molecule has 1 heterocycles. The number of benzene rings is 1. The summed E-state index contributed by atoms with van der Waals surface area (Å²) >= 11 is 0. The lowest BCUT2D eigenvalue weighted by Crippen LogP contribution is -2.38. The van der Waals surface area contributed by atoms with E-state index in [2.05, 4.69) is 0 Å². The molecule has 0 N–H and O–H groups in total. The van der Waals surface area contributed by atoms with Crippen LogP contribution in [0, 0.1) is 0 Å². The lowest BCUT2D eigenvalue weighted by Gasteiger charge is -2.29. The molecule has 1 aliphatic heterocycles. The zero-order valence-corrected chi connectivity index (χ0v) is 11.4. The Morgan fingerprint density at radius 2 is 1.80 bits per heavy atom. The van der Waals surface area contributed by atoms with E-state index < -0.39 is 18.6 Å². The van der Waals surface area contributed by atoms with Crippen molar-refractivity contribution in [3.05, 3.63) is 24.3 Å². The number of hydrogen-bond donors (Lipinski definition) is 0. The van der Waals surface area contributed by atoms with Crippen LogP contribution in [0.4, 0.5) is 24.5 Å². The molecule has 1 aromatic carbocycles. The van der Waals surface area contributed by atoms with Gasteiger partial charge in [0, 0.05) is 19.0 Å². The van der Waals surface area contributed by atoms with Gasteiger partial charge in [-0.25, -0.2) is 0 Å². The first-order chi connectivity index (χ1) is 9.29. The molecule has 0 atom stereocenters. The summed E-state index contributed by atoms with van der Waals surface area (Å²) < 4.78 is 38.1. The minimum absolute atomic E-state index is 0.0862. The van der Waals surface area contributed by atoms with Crippen LogP contribution in [0.5, 0.6) is 0 Å². The van der Waals surface area contributed by atoms with Crippen molar-refractivity contribution in [3.8, 4) is 0 Å². The van der Waals surface area contributed by atoms with Crippen LogP contribution in [0.1, 0.15) is 20.3 Å². The molecule has 1 aliphatic rings. The van der Waals surface area contributed by atoms with Crippen LogP contribution in [-0.2, 0) is 4.79 Å². The second-order valence-corrected chi connectivity index (χ2v) is 5.12. The second-order valence-electron chi connectivity index (χ2n) is 5.12. The number of rotatable bonds is 2. The van der Waals surface area contributed by atoms with Crippen LogP contribution < -0.4 is 9.80 Å². The molecule has 6 heteroatoms. The Balaban J connectivity index is 2.46. The highest BCUT2D eigenvalue weighted by Gasteiger charge is 2.36. The van der Waals surface area contributed by atoms with E-state index in [4.69, 9.17) is 0 Å². The van der Waals surface area contributed by atoms with Gasteiger partial charge in [0.15, 0.2) is 0 Å². The highest BCUT2D eigenvalue weighted by atomic mass is 19.4. The molecule has 20 heavy (non-hydrogen) atoms. The topological polar surface area (TPSA) is 23.6 Å². The summed E-state index contributed by atoms with van der Waals surface area (Å²) in [7, 11) is 0. The first kappa shape index (κ1) is 14.7. The van der Waals surface area contributed by atoms with Crippen molar-refractivity contribution in [2.24, 2.45) is 0 Å². The SMILES string of the molecule is CC(C)N1CCC(=O)N(CC(F)(F)F)c2ccccc21. The summed E-state index contributed by atoms with van der Waals surface area (Å²) in [5.74, 6) is -0.488. The molecule has 0 radical (unpaired) electrons. The van der Waals surface area contributed by atoms with Gasteiger partial charge in [-0.2, -0.15) is 13.2 Å². The van der Waals surface area contributed by atoms with Crippen LogP contribution >= 0.6 is 0 Å². The lowest BCUT2D eigenvalue weighted by atomic mass is 10.2. The van der Waals surface area contributed by atoms with Gasteiger partial charge in [0.25, 0.3) is 0 Å². The molecule has 1 aromatic rings. The molecule has 0 aromatic heterocycles. The van der Waals surface area contributed by atoms with E-state index in [1.54, 1.807) is 24.3 Å². The van der Waals surface area contributed by atoms with Crippen molar-refractivity contribution in [2.45, 2.75) is 32.5 Å². The normalized spacial score (nSPS) is 16.4. The third-order valence-corrected chi connectivity index (χ3v) is 3.31. The largest absolute Gasteiger partial charge is 0.406 e. The van der Waals surface area contributed by atoms with E-state index in [1.807, 2.05) is 18.7 Å². The smallest absolute Gasteiger partial charge is 0.367 e. The van der Waals surface area contributed by atoms with Crippen molar-refractivity contribution in [1.29, 1.82) is 0 Å². The predicted octanol–water partition coefficient (Wildman–Crippen LogP) is 3.20. The van der Waals surface area contributed by atoms with Gasteiger partial charge < -0.3 is 9.80 Å². The average molecular weight is 286 g/mol. The molecule has 0 saturated carbocycles. The zero-order valence-electron chi connectivity index (χ0n) is 11.4. The van der Waals surface area contributed by atoms with Crippen LogP contribution in [0.15, 0.2) is 24.3 Å². The quantitative estimate of drug-likeness (QED) is 0.833. The maximum atomic E-state index is 12.7. The molecule has 0 spiro atoms. The standard InChI is InChI=1S/C14H17F3N2O/c1-10(2)18-8-7-13(20)19(9-14(15,16)17)12-6-4-3-5-11(12)18/h3-6,10H,7-9H2,1-2H3. The molecule has 0 saturated heterocycles. The minimum Gasteiger partial charge on any atom is -0.367 e. The van der Waals surface area contributed by atoms with Crippen LogP contribution in [0.3, 0.4) is 0 Å². The molecular weight excluding hydrogens is 269 g/mol. The maximum Gasteiger partial charge on any atom is 0.406 e. The number of halogens is 3. The molecule has 3 nitrogen and oxygen atoms in total. The fourth-order valence-electron chi connectivity index (χ4n) is 2.43. The van der Waals surface area contributed by atoms with Gasteiger partial charge in [-0.15, -0.1) is 0 Å². The first-order valence-corrected chi connectivity index (χ1v) is 6.52. The van der Waals surface area contributed by atoms with Crippen LogP contribution in [0.2, 0.25) is 0 Å². The summed E-state index contributed by atoms with van der Waals surface area (Å²) in [5, 5.41) is 0. The van der Waals surface area contributed by atoms with E-state index in [-0.39, 0.29) is 12.5 Å². The van der Waals surface area contributed by atoms with Crippen molar-refractivity contribution in [3.63, 3.8) is 0 Å². The third kappa shape index (κ3) is 3.05. The number of hydrogen-bond acceptors (Lipinski definition) is 2. The Kier molecular flexibility index (Phi) is 3.92. The number of anilines is 2. The van der Waals surface area contributed by atoms with E-state index >= 15 is 0 Å². The van der Waals surface area contributed by atoms with Gasteiger partial charge in [0.2, 0.25) is 5.91 Å². The zero-order chi connectivity index (χ0) is 14.9. The highest BCUT2D eigenvalue weighted by Crippen LogP contribution is 2.35. The fourth-order valence-corrected chi connectivity index (χ4v) is 2.43. The van der Waals surface area contributed by atoms with E-state index in [1.165, 1.54) is 0 Å². The molecule has 2 rings (SSSR count). The second kappa shape index (κ2) is 5.34. The van der Waals surface area contributed by atoms with Gasteiger partial charge in [-0.1, -0.05) is 12.1 Å². The number of para-hydroxylation sites is 2. The van der Waals surface area contributed by atoms with Gasteiger partial charge in [0.1, 0.15) is 6.54 Å². The summed E-state index contributed by atoms with van der Waals surface area (Å²) in [6.45, 7) is 3.11. The average Bonchev–Trinajstić information content (AvgIpc) is 2.47. The van der Waals surface area contributed by atoms with Crippen molar-refractivity contribution < 1.29 is 18.0 Å². The Hall–Kier alpha value is -1.72. The molecule has 0 bridgehead atoms. The monoisotopic (exact) mass is 286 g/mol. The molecule has 0 fully saturated rings. The summed E-state index contributed by atoms with van der Waals surface area (Å²) in [4.78, 5) is 14.8. The van der Waals surface area contributed by atoms with Gasteiger partial charge in [-0.05, 0) is 26.0 Å². The summed E-state index contributed by atoms with van der Waals surface area (Å²) in [5.41, 5.74) is 1.01. The molecule has 0 aliphatic carbocycles. The number of carbonyl (C=O) groups is 1. The Labute approximate surface area is 116 Å². The summed E-state index contributed by atoms with van der Waals surface area (Å²) in [6.07, 6.45) is -4.32. The highest BCUT2D eigenvalue weighted by molar-refractivity contribution is 5.98. The van der Waals surface area contributed by atoms with Crippen molar-refractivity contribution >= 4 is 17.3 Å². The maximum absolute atomic E-state index is 12.7. The Morgan fingerprint density at radius 3 is 2.35 bits per heavy atom. The number of nitrogens with zero attached hydrogens (tertiary/aromatic N) is 2. The number of fused-ring (bicyclic) bond motifs is 1. The van der Waals surface area contributed by atoms with E-state index in [9.17, 15) is 18.0 Å². The number of alkyl halides is 3. The third-order valence-electron chi connectivity index (χ3n) is 3.31. The first-order valence-electron chi connectivity index (χ1n) is 6.52. The molecule has 110 valence electrons. The van der Waals surface area contributed by atoms with E-state index in [0.29, 0.717) is 17.9 Å². The summed E-state index contributed by atoms with van der Waals surface area (Å²) in [6, 6.07) is 6.88. The van der Waals surface area contributed by atoms with Gasteiger partial charge in [-0.3, -0.25) is 4.79 Å². The van der Waals surface area contributed by atoms with Crippen molar-refractivity contribution in [1.82, 2.24) is 0 Å². The van der Waals surface area contributed by atoms with Crippen molar-refractivity contribution in [2.75, 3.05) is 22.9 Å². The molecule has 1 amide bonds. The fraction of sp³-hybridized carbons (Fsp3) is 0.500. The van der Waals surface area contributed by atoms with Gasteiger partial charge >= 0.3 is 6.18 Å². The van der Waals surface area contributed by atoms with Crippen LogP contribution in [0.25, 0.3) is 0 Å². The Bertz CT molecular complexity index is 499. The number of carbonyl (C=O) groups excluding carboxylic acids is 1. The molecule has 0 unspecified atom stereocenters. The van der Waals surface area contributed by atoms with Crippen LogP contribution in [-0.4, -0.2) is 31.2 Å². The molecular formula is C14H17F3N2O. The predicted molar refractivity (Wildman–Crippen MR) is 71.9 cm³/mol. The lowest BCUT2D eigenvalue weighted by molar-refractivity contribution is -0.132. The minimum atomic E-state index is -4.41. The van der Waals surface area contributed by atoms with Gasteiger partial charge in [0.05, 0.1) is 11.4 Å². The Morgan fingerprint density at radius 1 is 1.20 bits per heavy atom.